The van der Waals surface area contributed by atoms with Gasteiger partial charge in [0.2, 0.25) is 18.1 Å². The van der Waals surface area contributed by atoms with E-state index in [9.17, 15) is 49.2 Å². The summed E-state index contributed by atoms with van der Waals surface area (Å²) in [6.07, 6.45) is -14.3. The summed E-state index contributed by atoms with van der Waals surface area (Å²) in [6.45, 7) is 21.3. The van der Waals surface area contributed by atoms with Crippen LogP contribution in [-0.2, 0) is 47.5 Å². The van der Waals surface area contributed by atoms with Crippen molar-refractivity contribution >= 4 is 36.2 Å². The Morgan fingerprint density at radius 2 is 1.31 bits per heavy atom. The molecule has 1 saturated carbocycles. The smallest absolute Gasteiger partial charge is 0.410 e. The number of nitrogens with one attached hydrogen (secondary N) is 5. The summed E-state index contributed by atoms with van der Waals surface area (Å²) in [4.78, 5) is 79.9. The van der Waals surface area contributed by atoms with E-state index in [1.807, 2.05) is 0 Å². The minimum absolute atomic E-state index is 0.0701. The number of ether oxygens (including phenoxy) is 8. The van der Waals surface area contributed by atoms with Gasteiger partial charge >= 0.3 is 24.4 Å². The zero-order valence-corrected chi connectivity index (χ0v) is 44.0. The molecule has 1 unspecified atom stereocenters. The molecule has 12 atom stereocenters. The van der Waals surface area contributed by atoms with Crippen molar-refractivity contribution in [2.75, 3.05) is 33.4 Å². The van der Waals surface area contributed by atoms with Gasteiger partial charge in [-0.15, -0.1) is 0 Å². The van der Waals surface area contributed by atoms with Gasteiger partial charge in [0.1, 0.15) is 64.7 Å². The van der Waals surface area contributed by atoms with Crippen LogP contribution in [0.25, 0.3) is 0 Å². The molecule has 1 heterocycles. The van der Waals surface area contributed by atoms with Gasteiger partial charge < -0.3 is 95.5 Å². The molecule has 0 bridgehead atoms. The van der Waals surface area contributed by atoms with Crippen molar-refractivity contribution in [3.05, 3.63) is 11.8 Å². The highest BCUT2D eigenvalue weighted by Gasteiger charge is 2.51. The lowest BCUT2D eigenvalue weighted by Crippen LogP contribution is -2.68. The van der Waals surface area contributed by atoms with E-state index >= 15 is 0 Å². The maximum atomic E-state index is 13.8. The first-order valence-corrected chi connectivity index (χ1v) is 23.7. The fourth-order valence-corrected chi connectivity index (χ4v) is 6.87. The van der Waals surface area contributed by atoms with Crippen molar-refractivity contribution in [1.29, 1.82) is 0 Å². The zero-order chi connectivity index (χ0) is 54.4. The number of carbonyl (C=O) groups excluding carboxylic acids is 6. The Balaban J connectivity index is 2.70. The van der Waals surface area contributed by atoms with Crippen LogP contribution in [0.2, 0.25) is 0 Å². The number of rotatable bonds is 20. The molecule has 71 heavy (non-hydrogen) atoms. The van der Waals surface area contributed by atoms with Crippen molar-refractivity contribution in [2.24, 2.45) is 5.73 Å². The summed E-state index contributed by atoms with van der Waals surface area (Å²) in [6, 6.07) is -5.95. The largest absolute Gasteiger partial charge is 0.466 e. The molecule has 0 radical (unpaired) electrons. The quantitative estimate of drug-likeness (QED) is 0.0603. The van der Waals surface area contributed by atoms with Crippen molar-refractivity contribution < 1.29 is 87.1 Å². The third kappa shape index (κ3) is 22.3. The molecular weight excluding hydrogens is 939 g/mol. The summed E-state index contributed by atoms with van der Waals surface area (Å²) in [7, 11) is 1.36. The highest BCUT2D eigenvalue weighted by molar-refractivity contribution is 5.85. The Labute approximate surface area is 416 Å². The van der Waals surface area contributed by atoms with E-state index in [1.165, 1.54) is 20.9 Å². The van der Waals surface area contributed by atoms with Gasteiger partial charge in [0.15, 0.2) is 6.29 Å². The van der Waals surface area contributed by atoms with E-state index < -0.39 is 145 Å². The number of alkyl carbamates (subject to hydrolysis) is 3. The molecule has 0 aromatic rings. The summed E-state index contributed by atoms with van der Waals surface area (Å²) in [5, 5.41) is 58.2. The number of amides is 6. The standard InChI is InChI=1S/C46H83N7O18/c1-24(49-40(61)69-44(6,7)8)35(58)50-27-17-16-26(23-47)65-37(27)66-34-29(52-41(62)70-45(9,10)11)22-28(51-36(59)30(55)18-19-48-39(60)68-43(3,4)5)33(32(34)57)67-38(64-21-20-54)31(56)25(2)53(15)42(63)71-46(12,13)14/h16,24-25,27-34,37-38,54-57H,17-23,47H2,1-15H3,(H,48,60)(H,49,61)(H,50,58)(H,51,59)(H,52,62)/t24?,25-,27+,28+,29-,30-,31+,32+,33-,34+,37+,38+/m0/s1. The van der Waals surface area contributed by atoms with Gasteiger partial charge in [-0.1, -0.05) is 0 Å². The lowest BCUT2D eigenvalue weighted by atomic mass is 9.83. The average Bonchev–Trinajstić information content (AvgIpc) is 3.21. The molecule has 0 spiro atoms. The van der Waals surface area contributed by atoms with Gasteiger partial charge in [-0.05, 0) is 122 Å². The molecule has 25 heteroatoms. The van der Waals surface area contributed by atoms with Gasteiger partial charge in [0.25, 0.3) is 0 Å². The molecule has 2 rings (SSSR count). The number of nitrogens with zero attached hydrogens (tertiary/aromatic N) is 1. The minimum Gasteiger partial charge on any atom is -0.466 e. The van der Waals surface area contributed by atoms with Gasteiger partial charge in [-0.3, -0.25) is 9.59 Å². The van der Waals surface area contributed by atoms with Crippen molar-refractivity contribution in [3.8, 4) is 0 Å². The van der Waals surface area contributed by atoms with Crippen LogP contribution in [0.15, 0.2) is 11.8 Å². The molecule has 1 aliphatic carbocycles. The number of nitrogens with two attached hydrogens (primary N) is 1. The summed E-state index contributed by atoms with van der Waals surface area (Å²) < 4.78 is 46.3. The summed E-state index contributed by atoms with van der Waals surface area (Å²) >= 11 is 0. The zero-order valence-electron chi connectivity index (χ0n) is 44.0. The monoisotopic (exact) mass is 1020 g/mol. The van der Waals surface area contributed by atoms with Crippen molar-refractivity contribution in [3.63, 3.8) is 0 Å². The highest BCUT2D eigenvalue weighted by atomic mass is 16.7. The molecule has 2 aliphatic rings. The Kier molecular flexibility index (Phi) is 23.5. The third-order valence-corrected chi connectivity index (χ3v) is 10.3. The highest BCUT2D eigenvalue weighted by Crippen LogP contribution is 2.32. The van der Waals surface area contributed by atoms with Crippen LogP contribution in [-0.4, -0.2) is 191 Å². The molecule has 1 fully saturated rings. The lowest BCUT2D eigenvalue weighted by molar-refractivity contribution is -0.276. The number of aliphatic hydroxyl groups excluding tert-OH is 4. The lowest BCUT2D eigenvalue weighted by Gasteiger charge is -2.47. The maximum absolute atomic E-state index is 13.8. The summed E-state index contributed by atoms with van der Waals surface area (Å²) in [5.74, 6) is -1.45. The second-order valence-corrected chi connectivity index (χ2v) is 21.4. The van der Waals surface area contributed by atoms with Crippen molar-refractivity contribution in [1.82, 2.24) is 31.5 Å². The average molecular weight is 1020 g/mol. The van der Waals surface area contributed by atoms with E-state index in [4.69, 9.17) is 43.6 Å². The number of carbonyl (C=O) groups is 6. The predicted octanol–water partition coefficient (Wildman–Crippen LogP) is 1.11. The van der Waals surface area contributed by atoms with Crippen molar-refractivity contribution in [2.45, 2.75) is 212 Å². The first-order valence-electron chi connectivity index (χ1n) is 23.7. The minimum atomic E-state index is -1.94. The molecule has 0 aromatic heterocycles. The number of likely N-dealkylation sites (N-methyl/N-ethyl adjacent to an activating group) is 1. The number of hydrogen-bond donors (Lipinski definition) is 10. The first-order chi connectivity index (χ1) is 32.5. The third-order valence-electron chi connectivity index (χ3n) is 10.3. The fourth-order valence-electron chi connectivity index (χ4n) is 6.87. The summed E-state index contributed by atoms with van der Waals surface area (Å²) in [5.41, 5.74) is 2.35. The van der Waals surface area contributed by atoms with E-state index in [0.29, 0.717) is 0 Å². The van der Waals surface area contributed by atoms with Gasteiger partial charge in [-0.25, -0.2) is 19.2 Å². The Morgan fingerprint density at radius 3 is 1.86 bits per heavy atom. The molecule has 1 aliphatic heterocycles. The van der Waals surface area contributed by atoms with E-state index in [2.05, 4.69) is 26.6 Å². The van der Waals surface area contributed by atoms with Crippen LogP contribution in [0.5, 0.6) is 0 Å². The van der Waals surface area contributed by atoms with E-state index in [-0.39, 0.29) is 38.1 Å². The first kappa shape index (κ1) is 62.4. The van der Waals surface area contributed by atoms with Gasteiger partial charge in [0, 0.05) is 13.6 Å². The maximum Gasteiger partial charge on any atom is 0.410 e. The van der Waals surface area contributed by atoms with Crippen LogP contribution in [0.1, 0.15) is 116 Å². The Hall–Kier alpha value is -4.76. The van der Waals surface area contributed by atoms with Gasteiger partial charge in [0.05, 0.1) is 43.9 Å². The Bertz CT molecular complexity index is 1790. The second kappa shape index (κ2) is 26.8. The van der Waals surface area contributed by atoms with E-state index in [0.717, 1.165) is 4.90 Å². The van der Waals surface area contributed by atoms with Crippen LogP contribution >= 0.6 is 0 Å². The molecule has 0 saturated heterocycles. The van der Waals surface area contributed by atoms with Crippen LogP contribution in [0.4, 0.5) is 19.2 Å². The molecular formula is C46H83N7O18. The fraction of sp³-hybridized carbons (Fsp3) is 0.826. The van der Waals surface area contributed by atoms with Crippen LogP contribution in [0.3, 0.4) is 0 Å². The van der Waals surface area contributed by atoms with Gasteiger partial charge in [-0.2, -0.15) is 0 Å². The SMILES string of the molecule is CC(NC(=O)OC(C)(C)C)C(=O)N[C@@H]1CC=C(CN)O[C@@H]1O[C@H]1[C@H](O)[C@@H](O[C@@H](OCCO)[C@H](O)[C@H](C)N(C)C(=O)OC(C)(C)C)[C@H](NC(=O)[C@@H](O)CCNC(=O)OC(C)(C)C)C[C@@H]1NC(=O)OC(C)(C)C. The predicted molar refractivity (Wildman–Crippen MR) is 254 cm³/mol. The normalized spacial score (nSPS) is 23.9. The molecule has 11 N–H and O–H groups in total. The molecule has 25 nitrogen and oxygen atoms in total. The van der Waals surface area contributed by atoms with Crippen LogP contribution < -0.4 is 32.3 Å². The number of aliphatic hydroxyl groups is 4. The topological polar surface area (TPSA) is 347 Å². The van der Waals surface area contributed by atoms with Crippen LogP contribution in [0, 0.1) is 0 Å². The molecule has 0 aromatic carbocycles. The Morgan fingerprint density at radius 1 is 0.775 bits per heavy atom. The molecule has 6 amide bonds. The molecule has 410 valence electrons. The van der Waals surface area contributed by atoms with E-state index in [1.54, 1.807) is 89.2 Å². The number of hydrogen-bond acceptors (Lipinski definition) is 19. The second-order valence-electron chi connectivity index (χ2n) is 21.4.